The summed E-state index contributed by atoms with van der Waals surface area (Å²) in [7, 11) is 1.80. The molecular formula is C28H44N2O5. The maximum atomic E-state index is 12.5. The van der Waals surface area contributed by atoms with E-state index in [4.69, 9.17) is 9.47 Å². The molecule has 1 aliphatic rings. The first-order valence-electron chi connectivity index (χ1n) is 12.9. The molecule has 1 saturated carbocycles. The largest absolute Gasteiger partial charge is 0.466 e. The lowest BCUT2D eigenvalue weighted by molar-refractivity contribution is -0.146. The van der Waals surface area contributed by atoms with Crippen LogP contribution in [0.5, 0.6) is 0 Å². The highest BCUT2D eigenvalue weighted by atomic mass is 16.5. The Labute approximate surface area is 210 Å². The van der Waals surface area contributed by atoms with Crippen LogP contribution >= 0.6 is 0 Å². The van der Waals surface area contributed by atoms with Crippen LogP contribution in [0.2, 0.25) is 0 Å². The molecule has 35 heavy (non-hydrogen) atoms. The summed E-state index contributed by atoms with van der Waals surface area (Å²) in [4.78, 5) is 38.3. The van der Waals surface area contributed by atoms with Gasteiger partial charge >= 0.3 is 12.1 Å². The van der Waals surface area contributed by atoms with Gasteiger partial charge in [0, 0.05) is 33.0 Å². The molecule has 1 aliphatic carbocycles. The van der Waals surface area contributed by atoms with Gasteiger partial charge in [0.15, 0.2) is 0 Å². The molecular weight excluding hydrogens is 444 g/mol. The Hall–Kier alpha value is -2.57. The minimum atomic E-state index is -0.392. The molecule has 7 nitrogen and oxygen atoms in total. The first-order valence-corrected chi connectivity index (χ1v) is 12.9. The van der Waals surface area contributed by atoms with Gasteiger partial charge < -0.3 is 19.7 Å². The van der Waals surface area contributed by atoms with Crippen LogP contribution in [-0.2, 0) is 25.5 Å². The quantitative estimate of drug-likeness (QED) is 0.331. The van der Waals surface area contributed by atoms with E-state index in [9.17, 15) is 14.4 Å². The summed E-state index contributed by atoms with van der Waals surface area (Å²) < 4.78 is 10.5. The van der Waals surface area contributed by atoms with Crippen molar-refractivity contribution in [3.8, 4) is 0 Å². The van der Waals surface area contributed by atoms with E-state index in [-0.39, 0.29) is 28.6 Å². The standard InChI is InChI=1S/C28H44N2O5/c1-6-34-26(33)29-21-28(4)19-23(18-27(2,3)20-28)17-25(32)35-16-10-15-30(5)24(31)14-13-22-11-8-7-9-12-22/h7-9,11-12,23H,6,10,13-21H2,1-5H3,(H,29,33). The van der Waals surface area contributed by atoms with Gasteiger partial charge in [-0.3, -0.25) is 9.59 Å². The summed E-state index contributed by atoms with van der Waals surface area (Å²) in [5.41, 5.74) is 1.14. The Balaban J connectivity index is 1.70. The number of nitrogens with zero attached hydrogens (tertiary/aromatic N) is 1. The number of hydrogen-bond donors (Lipinski definition) is 1. The normalized spacial score (nSPS) is 21.1. The number of alkyl carbamates (subject to hydrolysis) is 1. The van der Waals surface area contributed by atoms with Crippen LogP contribution in [0.1, 0.15) is 71.8 Å². The van der Waals surface area contributed by atoms with Crippen molar-refractivity contribution in [1.82, 2.24) is 10.2 Å². The van der Waals surface area contributed by atoms with E-state index >= 15 is 0 Å². The molecule has 0 spiro atoms. The number of amides is 2. The third kappa shape index (κ3) is 10.7. The lowest BCUT2D eigenvalue weighted by Gasteiger charge is -2.46. The van der Waals surface area contributed by atoms with Gasteiger partial charge in [-0.1, -0.05) is 51.1 Å². The summed E-state index contributed by atoms with van der Waals surface area (Å²) >= 11 is 0. The van der Waals surface area contributed by atoms with Gasteiger partial charge in [-0.25, -0.2) is 4.79 Å². The number of carbonyl (C=O) groups excluding carboxylic acids is 3. The zero-order valence-corrected chi connectivity index (χ0v) is 22.2. The second kappa shape index (κ2) is 13.5. The fraction of sp³-hybridized carbons (Fsp3) is 0.679. The lowest BCUT2D eigenvalue weighted by atomic mass is 9.60. The van der Waals surface area contributed by atoms with Crippen LogP contribution in [0.4, 0.5) is 4.79 Å². The highest BCUT2D eigenvalue weighted by molar-refractivity contribution is 5.76. The highest BCUT2D eigenvalue weighted by Gasteiger charge is 2.42. The van der Waals surface area contributed by atoms with Crippen LogP contribution in [0, 0.1) is 16.7 Å². The first kappa shape index (κ1) is 28.7. The average Bonchev–Trinajstić information content (AvgIpc) is 2.78. The number of rotatable bonds is 12. The van der Waals surface area contributed by atoms with Crippen molar-refractivity contribution in [3.05, 3.63) is 35.9 Å². The van der Waals surface area contributed by atoms with Crippen LogP contribution in [0.3, 0.4) is 0 Å². The summed E-state index contributed by atoms with van der Waals surface area (Å²) in [6.45, 7) is 10.2. The number of hydrogen-bond acceptors (Lipinski definition) is 5. The first-order chi connectivity index (χ1) is 16.5. The molecule has 2 amide bonds. The van der Waals surface area contributed by atoms with E-state index in [1.54, 1.807) is 18.9 Å². The van der Waals surface area contributed by atoms with Gasteiger partial charge in [0.25, 0.3) is 0 Å². The zero-order valence-electron chi connectivity index (χ0n) is 22.2. The van der Waals surface area contributed by atoms with Gasteiger partial charge in [-0.15, -0.1) is 0 Å². The van der Waals surface area contributed by atoms with Crippen molar-refractivity contribution in [3.63, 3.8) is 0 Å². The van der Waals surface area contributed by atoms with Crippen molar-refractivity contribution >= 4 is 18.0 Å². The van der Waals surface area contributed by atoms with Crippen molar-refractivity contribution in [2.24, 2.45) is 16.7 Å². The molecule has 0 saturated heterocycles. The molecule has 196 valence electrons. The van der Waals surface area contributed by atoms with E-state index in [0.29, 0.717) is 45.6 Å². The smallest absolute Gasteiger partial charge is 0.407 e. The minimum absolute atomic E-state index is 0.0805. The van der Waals surface area contributed by atoms with Crippen molar-refractivity contribution in [2.75, 3.05) is 33.4 Å². The van der Waals surface area contributed by atoms with Crippen LogP contribution in [-0.4, -0.2) is 56.2 Å². The minimum Gasteiger partial charge on any atom is -0.466 e. The van der Waals surface area contributed by atoms with Gasteiger partial charge in [-0.2, -0.15) is 0 Å². The monoisotopic (exact) mass is 488 g/mol. The molecule has 0 bridgehead atoms. The SMILES string of the molecule is CCOC(=O)NCC1(C)CC(CC(=O)OCCCN(C)C(=O)CCc2ccccc2)CC(C)(C)C1. The Morgan fingerprint density at radius 2 is 1.80 bits per heavy atom. The third-order valence-electron chi connectivity index (χ3n) is 6.72. The number of carbonyl (C=O) groups is 3. The predicted molar refractivity (Wildman–Crippen MR) is 137 cm³/mol. The topological polar surface area (TPSA) is 84.9 Å². The predicted octanol–water partition coefficient (Wildman–Crippen LogP) is 4.98. The molecule has 2 rings (SSSR count). The molecule has 2 unspecified atom stereocenters. The third-order valence-corrected chi connectivity index (χ3v) is 6.72. The molecule has 0 aromatic heterocycles. The number of ether oxygens (including phenoxy) is 2. The van der Waals surface area contributed by atoms with E-state index in [0.717, 1.165) is 31.2 Å². The fourth-order valence-electron chi connectivity index (χ4n) is 5.59. The summed E-state index contributed by atoms with van der Waals surface area (Å²) in [6, 6.07) is 9.98. The maximum Gasteiger partial charge on any atom is 0.407 e. The Morgan fingerprint density at radius 1 is 1.09 bits per heavy atom. The summed E-state index contributed by atoms with van der Waals surface area (Å²) in [5.74, 6) is 0.120. The average molecular weight is 489 g/mol. The molecule has 1 N–H and O–H groups in total. The van der Waals surface area contributed by atoms with Gasteiger partial charge in [0.05, 0.1) is 13.2 Å². The highest BCUT2D eigenvalue weighted by Crippen LogP contribution is 2.49. The Morgan fingerprint density at radius 3 is 2.49 bits per heavy atom. The Kier molecular flexibility index (Phi) is 11.1. The van der Waals surface area contributed by atoms with E-state index < -0.39 is 6.09 Å². The van der Waals surface area contributed by atoms with Gasteiger partial charge in [0.1, 0.15) is 0 Å². The molecule has 1 aromatic rings. The van der Waals surface area contributed by atoms with Gasteiger partial charge in [-0.05, 0) is 61.3 Å². The number of esters is 1. The molecule has 1 fully saturated rings. The van der Waals surface area contributed by atoms with E-state index in [1.807, 2.05) is 30.3 Å². The zero-order chi connectivity index (χ0) is 25.9. The molecule has 2 atom stereocenters. The molecule has 0 radical (unpaired) electrons. The van der Waals surface area contributed by atoms with Crippen molar-refractivity contribution < 1.29 is 23.9 Å². The summed E-state index contributed by atoms with van der Waals surface area (Å²) in [6.07, 6.45) is 4.60. The number of benzene rings is 1. The molecule has 1 aromatic carbocycles. The maximum absolute atomic E-state index is 12.5. The Bertz CT molecular complexity index is 826. The molecule has 0 aliphatic heterocycles. The van der Waals surface area contributed by atoms with E-state index in [1.165, 1.54) is 0 Å². The van der Waals surface area contributed by atoms with Crippen LogP contribution < -0.4 is 5.32 Å². The second-order valence-electron chi connectivity index (χ2n) is 11.1. The molecule has 7 heteroatoms. The van der Waals surface area contributed by atoms with E-state index in [2.05, 4.69) is 26.1 Å². The van der Waals surface area contributed by atoms with Crippen LogP contribution in [0.25, 0.3) is 0 Å². The van der Waals surface area contributed by atoms with Crippen molar-refractivity contribution in [2.45, 2.75) is 72.6 Å². The second-order valence-corrected chi connectivity index (χ2v) is 11.1. The lowest BCUT2D eigenvalue weighted by Crippen LogP contribution is -2.44. The number of nitrogens with one attached hydrogen (secondary N) is 1. The summed E-state index contributed by atoms with van der Waals surface area (Å²) in [5, 5.41) is 2.88. The number of aryl methyl sites for hydroxylation is 1. The van der Waals surface area contributed by atoms with Gasteiger partial charge in [0.2, 0.25) is 5.91 Å². The van der Waals surface area contributed by atoms with Crippen LogP contribution in [0.15, 0.2) is 30.3 Å². The molecule has 0 heterocycles. The fourth-order valence-corrected chi connectivity index (χ4v) is 5.59. The van der Waals surface area contributed by atoms with Crippen molar-refractivity contribution in [1.29, 1.82) is 0 Å².